The van der Waals surface area contributed by atoms with Crippen LogP contribution in [0.5, 0.6) is 0 Å². The van der Waals surface area contributed by atoms with Gasteiger partial charge < -0.3 is 30.1 Å². The maximum Gasteiger partial charge on any atom is 0.466 e. The van der Waals surface area contributed by atoms with Crippen molar-refractivity contribution in [2.75, 3.05) is 0 Å². The van der Waals surface area contributed by atoms with Crippen LogP contribution in [0, 0.1) is 0 Å². The molecule has 7 nitrogen and oxygen atoms in total. The van der Waals surface area contributed by atoms with E-state index in [-0.39, 0.29) is 0 Å². The van der Waals surface area contributed by atoms with Crippen LogP contribution in [-0.2, 0) is 4.57 Å². The molecule has 1 fully saturated rings. The lowest BCUT2D eigenvalue weighted by atomic mass is 9.85. The second-order valence-corrected chi connectivity index (χ2v) is 2.82. The summed E-state index contributed by atoms with van der Waals surface area (Å²) in [7, 11) is -1.83. The van der Waals surface area contributed by atoms with Crippen molar-refractivity contribution in [3.63, 3.8) is 0 Å². The first kappa shape index (κ1) is 11.2. The molecular weight excluding hydrogens is 169 g/mol. The standard InChI is InChI=1S/B3H6N3.H3O4P/c1-4-2-6-3-5-1;1-5(2,3)4/h1-6H;(H3,1,2,3,4). The fourth-order valence-electron chi connectivity index (χ4n) is 0.453. The van der Waals surface area contributed by atoms with Gasteiger partial charge in [-0.15, -0.1) is 0 Å². The van der Waals surface area contributed by atoms with Gasteiger partial charge in [0.25, 0.3) is 22.6 Å². The van der Waals surface area contributed by atoms with Gasteiger partial charge in [0.15, 0.2) is 0 Å². The zero-order chi connectivity index (χ0) is 8.74. The first-order valence-corrected chi connectivity index (χ1v) is 4.47. The summed E-state index contributed by atoms with van der Waals surface area (Å²) in [5.41, 5.74) is 0. The van der Waals surface area contributed by atoms with Gasteiger partial charge in [-0.2, -0.15) is 0 Å². The third-order valence-electron chi connectivity index (χ3n) is 0.750. The Balaban J connectivity index is 0.000000187. The summed E-state index contributed by atoms with van der Waals surface area (Å²) in [6, 6.07) is 0. The minimum atomic E-state index is -4.64. The second kappa shape index (κ2) is 5.79. The molecule has 0 aliphatic carbocycles. The zero-order valence-corrected chi connectivity index (χ0v) is 6.71. The highest BCUT2D eigenvalue weighted by Gasteiger charge is 2.00. The van der Waals surface area contributed by atoms with Crippen molar-refractivity contribution in [1.82, 2.24) is 15.4 Å². The van der Waals surface area contributed by atoms with E-state index in [1.807, 2.05) is 0 Å². The fourth-order valence-corrected chi connectivity index (χ4v) is 0.453. The van der Waals surface area contributed by atoms with Gasteiger partial charge in [-0.1, -0.05) is 0 Å². The van der Waals surface area contributed by atoms with E-state index in [2.05, 4.69) is 15.4 Å². The largest absolute Gasteiger partial charge is 0.466 e. The maximum absolute atomic E-state index is 8.88. The molecule has 0 aromatic rings. The lowest BCUT2D eigenvalue weighted by Crippen LogP contribution is -2.55. The monoisotopic (exact) mass is 179 g/mol. The summed E-state index contributed by atoms with van der Waals surface area (Å²) in [5.74, 6) is 0. The topological polar surface area (TPSA) is 114 Å². The van der Waals surface area contributed by atoms with Crippen LogP contribution in [0.2, 0.25) is 0 Å². The van der Waals surface area contributed by atoms with E-state index < -0.39 is 7.82 Å². The molecule has 0 radical (unpaired) electrons. The minimum Gasteiger partial charge on any atom is -0.378 e. The Morgan fingerprint density at radius 1 is 0.909 bits per heavy atom. The fraction of sp³-hybridized carbons (Fsp3) is 0. The van der Waals surface area contributed by atoms with Crippen LogP contribution in [0.3, 0.4) is 0 Å². The Labute approximate surface area is 66.1 Å². The minimum absolute atomic E-state index is 0.938. The highest BCUT2D eigenvalue weighted by atomic mass is 31.2. The van der Waals surface area contributed by atoms with Crippen molar-refractivity contribution in [2.24, 2.45) is 0 Å². The van der Waals surface area contributed by atoms with Gasteiger partial charge in [-0.05, 0) is 0 Å². The smallest absolute Gasteiger partial charge is 0.378 e. The van der Waals surface area contributed by atoms with Crippen molar-refractivity contribution in [2.45, 2.75) is 0 Å². The van der Waals surface area contributed by atoms with Gasteiger partial charge in [0, 0.05) is 0 Å². The molecule has 0 aromatic heterocycles. The number of hydrogen-bond donors (Lipinski definition) is 6. The molecule has 0 bridgehead atoms. The van der Waals surface area contributed by atoms with E-state index in [0.717, 1.165) is 22.6 Å². The molecule has 0 aromatic carbocycles. The molecule has 6 N–H and O–H groups in total. The lowest BCUT2D eigenvalue weighted by Gasteiger charge is -2.08. The Hall–Kier alpha value is 0.185. The van der Waals surface area contributed by atoms with Crippen LogP contribution >= 0.6 is 7.82 Å². The van der Waals surface area contributed by atoms with Crippen molar-refractivity contribution >= 4 is 30.5 Å². The lowest BCUT2D eigenvalue weighted by molar-refractivity contribution is 0.275. The quantitative estimate of drug-likeness (QED) is 0.164. The third-order valence-corrected chi connectivity index (χ3v) is 0.750. The average Bonchev–Trinajstić information content (AvgIpc) is 1.88. The molecule has 11 heteroatoms. The molecule has 1 heterocycles. The van der Waals surface area contributed by atoms with Crippen LogP contribution in [0.1, 0.15) is 0 Å². The van der Waals surface area contributed by atoms with Gasteiger partial charge in [0.1, 0.15) is 0 Å². The van der Waals surface area contributed by atoms with Crippen LogP contribution in [0.4, 0.5) is 0 Å². The van der Waals surface area contributed by atoms with Crippen molar-refractivity contribution in [1.29, 1.82) is 0 Å². The Morgan fingerprint density at radius 2 is 1.09 bits per heavy atom. The van der Waals surface area contributed by atoms with Crippen LogP contribution in [0.25, 0.3) is 0 Å². The predicted molar refractivity (Wildman–Crippen MR) is 45.1 cm³/mol. The Morgan fingerprint density at radius 3 is 1.18 bits per heavy atom. The molecule has 0 unspecified atom stereocenters. The van der Waals surface area contributed by atoms with E-state index in [0.29, 0.717) is 0 Å². The summed E-state index contributed by atoms with van der Waals surface area (Å²) < 4.78 is 8.88. The molecule has 1 rings (SSSR count). The van der Waals surface area contributed by atoms with E-state index >= 15 is 0 Å². The zero-order valence-electron chi connectivity index (χ0n) is 5.82. The SMILES string of the molecule is B1NBNBN1.O=P(O)(O)O. The molecule has 0 atom stereocenters. The molecule has 0 amide bonds. The number of rotatable bonds is 0. The molecule has 62 valence electrons. The first-order chi connectivity index (χ1) is 5.00. The molecule has 1 saturated heterocycles. The van der Waals surface area contributed by atoms with Crippen molar-refractivity contribution < 1.29 is 19.2 Å². The second-order valence-electron chi connectivity index (χ2n) is 1.79. The molecule has 0 spiro atoms. The van der Waals surface area contributed by atoms with Crippen molar-refractivity contribution in [3.8, 4) is 0 Å². The van der Waals surface area contributed by atoms with Crippen LogP contribution in [-0.4, -0.2) is 37.3 Å². The maximum atomic E-state index is 8.88. The number of nitrogens with one attached hydrogen (secondary N) is 3. The average molecular weight is 178 g/mol. The molecule has 0 saturated carbocycles. The van der Waals surface area contributed by atoms with E-state index in [4.69, 9.17) is 19.2 Å². The Kier molecular flexibility index (Phi) is 5.88. The predicted octanol–water partition coefficient (Wildman–Crippen LogP) is -4.36. The number of phosphoric acid groups is 1. The van der Waals surface area contributed by atoms with Gasteiger partial charge in [-0.25, -0.2) is 4.57 Å². The van der Waals surface area contributed by atoms with Crippen LogP contribution < -0.4 is 15.4 Å². The van der Waals surface area contributed by atoms with Gasteiger partial charge in [-0.3, -0.25) is 0 Å². The van der Waals surface area contributed by atoms with E-state index in [9.17, 15) is 0 Å². The Bertz CT molecular complexity index is 113. The van der Waals surface area contributed by atoms with Crippen LogP contribution in [0.15, 0.2) is 0 Å². The molecule has 1 aliphatic rings. The van der Waals surface area contributed by atoms with Gasteiger partial charge in [0.2, 0.25) is 0 Å². The summed E-state index contributed by atoms with van der Waals surface area (Å²) in [6.45, 7) is 0. The third kappa shape index (κ3) is 17.8. The molecule has 1 aliphatic heterocycles. The van der Waals surface area contributed by atoms with Gasteiger partial charge in [0.05, 0.1) is 0 Å². The highest BCUT2D eigenvalue weighted by Crippen LogP contribution is 2.25. The number of hydrogen-bond acceptors (Lipinski definition) is 4. The molecular formula is H9B3N3O4P. The summed E-state index contributed by atoms with van der Waals surface area (Å²) in [6.07, 6.45) is 0. The van der Waals surface area contributed by atoms with Gasteiger partial charge >= 0.3 is 7.82 Å². The summed E-state index contributed by atoms with van der Waals surface area (Å²) in [4.78, 5) is 21.6. The van der Waals surface area contributed by atoms with Crippen molar-refractivity contribution in [3.05, 3.63) is 0 Å². The highest BCUT2D eigenvalue weighted by molar-refractivity contribution is 7.45. The normalized spacial score (nSPS) is 16.3. The van der Waals surface area contributed by atoms with E-state index in [1.165, 1.54) is 0 Å². The molecule has 11 heavy (non-hydrogen) atoms. The summed E-state index contributed by atoms with van der Waals surface area (Å²) in [5, 5.41) is 9.19. The first-order valence-electron chi connectivity index (χ1n) is 2.90. The summed E-state index contributed by atoms with van der Waals surface area (Å²) >= 11 is 0. The van der Waals surface area contributed by atoms with E-state index in [1.54, 1.807) is 0 Å².